The second kappa shape index (κ2) is 16.3. The zero-order valence-electron chi connectivity index (χ0n) is 22.5. The molecule has 2 rings (SSSR count). The summed E-state index contributed by atoms with van der Waals surface area (Å²) in [6.45, 7) is 7.40. The number of carbonyl (C=O) groups excluding carboxylic acids is 2. The fourth-order valence-electron chi connectivity index (χ4n) is 3.71. The highest BCUT2D eigenvalue weighted by Gasteiger charge is 2.25. The molecule has 42 heavy (non-hydrogen) atoms. The Bertz CT molecular complexity index is 1390. The minimum Gasteiger partial charge on any atom is -0.503 e. The maximum Gasteiger partial charge on any atom is 0.340 e. The van der Waals surface area contributed by atoms with Crippen molar-refractivity contribution in [2.24, 2.45) is 0 Å². The van der Waals surface area contributed by atoms with E-state index in [9.17, 15) is 47.8 Å². The molecule has 0 saturated carbocycles. The summed E-state index contributed by atoms with van der Waals surface area (Å²) in [6.07, 6.45) is -1.08. The molecule has 3 amide bonds. The summed E-state index contributed by atoms with van der Waals surface area (Å²) in [5, 5.41) is 42.9. The summed E-state index contributed by atoms with van der Waals surface area (Å²) < 4.78 is 32.7. The van der Waals surface area contributed by atoms with E-state index in [1.54, 1.807) is 0 Å². The van der Waals surface area contributed by atoms with Crippen LogP contribution < -0.4 is 21.6 Å². The zero-order valence-corrected chi connectivity index (χ0v) is 22.5. The number of nitrogens with one attached hydrogen (secondary N) is 3. The first-order valence-corrected chi connectivity index (χ1v) is 12.4. The van der Waals surface area contributed by atoms with E-state index in [4.69, 9.17) is 14.6 Å². The van der Waals surface area contributed by atoms with Gasteiger partial charge in [0.2, 0.25) is 11.7 Å². The third kappa shape index (κ3) is 9.87. The quantitative estimate of drug-likeness (QED) is 0.0939. The van der Waals surface area contributed by atoms with E-state index in [1.165, 1.54) is 6.92 Å². The summed E-state index contributed by atoms with van der Waals surface area (Å²) in [7, 11) is 0. The number of aryl methyl sites for hydroxylation is 1. The van der Waals surface area contributed by atoms with Crippen molar-refractivity contribution >= 4 is 40.8 Å². The van der Waals surface area contributed by atoms with Crippen molar-refractivity contribution in [1.82, 2.24) is 16.0 Å². The lowest BCUT2D eigenvalue weighted by atomic mass is 10.0. The highest BCUT2D eigenvalue weighted by Crippen LogP contribution is 2.30. The maximum atomic E-state index is 14.1. The number of carboxylic acid groups (broad SMARTS) is 3. The number of amides is 3. The summed E-state index contributed by atoms with van der Waals surface area (Å²) in [4.78, 5) is 69.9. The van der Waals surface area contributed by atoms with Crippen LogP contribution >= 0.6 is 0 Å². The molecule has 0 aliphatic carbocycles. The lowest BCUT2D eigenvalue weighted by Crippen LogP contribution is -2.51. The van der Waals surface area contributed by atoms with E-state index in [1.807, 2.05) is 5.32 Å². The van der Waals surface area contributed by atoms with Gasteiger partial charge in [-0.05, 0) is 44.2 Å². The minimum absolute atomic E-state index is 0.0444. The van der Waals surface area contributed by atoms with Gasteiger partial charge in [0.1, 0.15) is 12.1 Å². The van der Waals surface area contributed by atoms with Crippen molar-refractivity contribution in [1.29, 1.82) is 0 Å². The molecule has 0 aliphatic rings. The maximum absolute atomic E-state index is 14.1. The van der Waals surface area contributed by atoms with Crippen LogP contribution in [0.1, 0.15) is 43.2 Å². The largest absolute Gasteiger partial charge is 0.503 e. The fraction of sp³-hybridized carbons (Fsp3) is 0.385. The Balaban J connectivity index is 0.00000431. The third-order valence-corrected chi connectivity index (χ3v) is 5.88. The molecule has 14 nitrogen and oxygen atoms in total. The minimum atomic E-state index is -1.54. The van der Waals surface area contributed by atoms with Crippen molar-refractivity contribution in [3.8, 4) is 5.75 Å². The van der Waals surface area contributed by atoms with E-state index in [-0.39, 0.29) is 42.3 Å². The molecule has 230 valence electrons. The highest BCUT2D eigenvalue weighted by atomic mass is 19.1. The molecule has 0 aliphatic heterocycles. The van der Waals surface area contributed by atoms with Gasteiger partial charge in [-0.15, -0.1) is 13.2 Å². The smallest absolute Gasteiger partial charge is 0.340 e. The number of urea groups is 1. The molecule has 16 heteroatoms. The highest BCUT2D eigenvalue weighted by molar-refractivity contribution is 5.87. The number of phenols is 1. The number of phenolic OH excluding ortho intramolecular Hbond substituents is 1. The monoisotopic (exact) mass is 599 g/mol. The van der Waals surface area contributed by atoms with E-state index in [0.29, 0.717) is 0 Å². The third-order valence-electron chi connectivity index (χ3n) is 5.88. The van der Waals surface area contributed by atoms with E-state index >= 15 is 0 Å². The van der Waals surface area contributed by atoms with Crippen LogP contribution in [0.25, 0.3) is 11.0 Å². The Morgan fingerprint density at radius 1 is 0.976 bits per heavy atom. The number of aromatic hydroxyl groups is 1. The Morgan fingerprint density at radius 3 is 2.10 bits per heavy atom. The molecule has 2 atom stereocenters. The number of benzene rings is 1. The van der Waals surface area contributed by atoms with E-state index in [2.05, 4.69) is 23.8 Å². The van der Waals surface area contributed by atoms with Gasteiger partial charge in [0.25, 0.3) is 0 Å². The Labute approximate surface area is 237 Å². The molecule has 2 aromatic rings. The van der Waals surface area contributed by atoms with Crippen molar-refractivity contribution in [3.63, 3.8) is 0 Å². The average molecular weight is 600 g/mol. The number of carbonyl (C=O) groups is 5. The SMILES string of the molecule is C=C.Cc1c(CC(=O)NCCCC[C@H](NC(=O)NC(CCC(=O)O)C(=O)O)C(=O)O)c(=O)oc2c(F)c(O)c(F)cc12. The van der Waals surface area contributed by atoms with Gasteiger partial charge in [-0.25, -0.2) is 23.6 Å². The van der Waals surface area contributed by atoms with Crippen molar-refractivity contribution in [2.45, 2.75) is 57.5 Å². The van der Waals surface area contributed by atoms with Crippen LogP contribution in [0, 0.1) is 18.6 Å². The summed E-state index contributed by atoms with van der Waals surface area (Å²) in [6, 6.07) is -3.29. The van der Waals surface area contributed by atoms with Crippen LogP contribution in [0.2, 0.25) is 0 Å². The molecular weight excluding hydrogens is 568 g/mol. The lowest BCUT2D eigenvalue weighted by Gasteiger charge is -2.18. The Morgan fingerprint density at radius 2 is 1.55 bits per heavy atom. The van der Waals surface area contributed by atoms with Gasteiger partial charge in [0.15, 0.2) is 17.1 Å². The normalized spacial score (nSPS) is 11.9. The first-order chi connectivity index (χ1) is 19.7. The Kier molecular flexibility index (Phi) is 13.6. The molecule has 0 radical (unpaired) electrons. The molecule has 0 bridgehead atoms. The standard InChI is InChI=1S/C24H27F2N3O11.C2H4/c1-10-11-8-13(25)19(33)18(26)20(11)40-23(38)12(10)9-16(30)27-7-3-2-4-14(21(34)35)28-24(39)29-15(22(36)37)5-6-17(31)32;1-2/h8,14-15,33H,2-7,9H2,1H3,(H,27,30)(H,31,32)(H,34,35)(H,36,37)(H2,28,29,39);1-2H2/t14-,15?;/m0./s1. The first-order valence-electron chi connectivity index (χ1n) is 12.4. The molecule has 0 saturated heterocycles. The predicted octanol–water partition coefficient (Wildman–Crippen LogP) is 1.79. The van der Waals surface area contributed by atoms with Crippen molar-refractivity contribution in [3.05, 3.63) is 52.4 Å². The van der Waals surface area contributed by atoms with Gasteiger partial charge < -0.3 is 40.8 Å². The van der Waals surface area contributed by atoms with Gasteiger partial charge in [-0.2, -0.15) is 4.39 Å². The van der Waals surface area contributed by atoms with Gasteiger partial charge in [-0.1, -0.05) is 0 Å². The molecule has 1 aromatic carbocycles. The van der Waals surface area contributed by atoms with E-state index in [0.717, 1.165) is 6.07 Å². The van der Waals surface area contributed by atoms with Crippen LogP contribution in [-0.2, 0) is 25.6 Å². The topological polar surface area (TPSA) is 233 Å². The van der Waals surface area contributed by atoms with E-state index < -0.39 is 89.8 Å². The Hall–Kier alpha value is -5.02. The van der Waals surface area contributed by atoms with Crippen LogP contribution in [0.5, 0.6) is 5.75 Å². The lowest BCUT2D eigenvalue weighted by molar-refractivity contribution is -0.140. The predicted molar refractivity (Wildman–Crippen MR) is 142 cm³/mol. The molecular formula is C26H31F2N3O11. The molecule has 1 heterocycles. The van der Waals surface area contributed by atoms with Gasteiger partial charge >= 0.3 is 29.6 Å². The number of hydrogen-bond acceptors (Lipinski definition) is 8. The number of fused-ring (bicyclic) bond motifs is 1. The fourth-order valence-corrected chi connectivity index (χ4v) is 3.71. The summed E-state index contributed by atoms with van der Waals surface area (Å²) in [5.41, 5.74) is -1.77. The summed E-state index contributed by atoms with van der Waals surface area (Å²) >= 11 is 0. The molecule has 7 N–H and O–H groups in total. The number of halogens is 2. The van der Waals surface area contributed by atoms with Crippen molar-refractivity contribution in [2.75, 3.05) is 6.54 Å². The first kappa shape index (κ1) is 35.0. The van der Waals surface area contributed by atoms with Gasteiger partial charge in [-0.3, -0.25) is 9.59 Å². The van der Waals surface area contributed by atoms with Gasteiger partial charge in [0, 0.05) is 18.4 Å². The number of carboxylic acids is 3. The van der Waals surface area contributed by atoms with Gasteiger partial charge in [0.05, 0.1) is 12.0 Å². The van der Waals surface area contributed by atoms with Crippen LogP contribution in [-0.4, -0.2) is 68.9 Å². The molecule has 1 unspecified atom stereocenters. The second-order valence-electron chi connectivity index (χ2n) is 8.75. The molecule has 0 spiro atoms. The van der Waals surface area contributed by atoms with Crippen LogP contribution in [0.4, 0.5) is 13.6 Å². The number of aliphatic carboxylic acids is 3. The van der Waals surface area contributed by atoms with Crippen molar-refractivity contribution < 1.29 is 57.6 Å². The molecule has 1 aromatic heterocycles. The summed E-state index contributed by atoms with van der Waals surface area (Å²) in [5.74, 6) is -8.83. The number of hydrogen-bond donors (Lipinski definition) is 7. The van der Waals surface area contributed by atoms with Crippen LogP contribution in [0.3, 0.4) is 0 Å². The number of unbranched alkanes of at least 4 members (excludes halogenated alkanes) is 1. The van der Waals surface area contributed by atoms with Crippen LogP contribution in [0.15, 0.2) is 28.4 Å². The second-order valence-corrected chi connectivity index (χ2v) is 8.75. The zero-order chi connectivity index (χ0) is 32.1. The molecule has 0 fully saturated rings. The average Bonchev–Trinajstić information content (AvgIpc) is 2.92. The number of rotatable bonds is 14.